The first-order valence-corrected chi connectivity index (χ1v) is 5.62. The molecule has 0 fully saturated rings. The fourth-order valence-electron chi connectivity index (χ4n) is 1.64. The summed E-state index contributed by atoms with van der Waals surface area (Å²) in [5, 5.41) is 4.15. The molecule has 1 aromatic carbocycles. The molecule has 0 aliphatic rings. The number of ether oxygens (including phenoxy) is 2. The summed E-state index contributed by atoms with van der Waals surface area (Å²) in [5.41, 5.74) is 1.15. The number of aromatic nitrogens is 2. The van der Waals surface area contributed by atoms with Crippen LogP contribution in [-0.4, -0.2) is 29.5 Å². The molecular weight excluding hydrogens is 232 g/mol. The van der Waals surface area contributed by atoms with Crippen molar-refractivity contribution in [3.63, 3.8) is 0 Å². The first-order chi connectivity index (χ1) is 8.77. The van der Waals surface area contributed by atoms with E-state index < -0.39 is 5.97 Å². The van der Waals surface area contributed by atoms with E-state index >= 15 is 0 Å². The summed E-state index contributed by atoms with van der Waals surface area (Å²) in [6.45, 7) is 2.07. The van der Waals surface area contributed by atoms with Crippen LogP contribution in [0.15, 0.2) is 36.5 Å². The van der Waals surface area contributed by atoms with Crippen molar-refractivity contribution < 1.29 is 14.3 Å². The molecule has 2 rings (SSSR count). The van der Waals surface area contributed by atoms with Crippen molar-refractivity contribution in [2.24, 2.45) is 0 Å². The highest BCUT2D eigenvalue weighted by Crippen LogP contribution is 2.22. The summed E-state index contributed by atoms with van der Waals surface area (Å²) in [6.07, 6.45) is 1.45. The zero-order valence-corrected chi connectivity index (χ0v) is 10.3. The SMILES string of the molecule is CCOC(=O)c1cnn(-c2ccccc2)c1OC. The summed E-state index contributed by atoms with van der Waals surface area (Å²) in [7, 11) is 1.50. The molecule has 0 saturated carbocycles. The topological polar surface area (TPSA) is 53.3 Å². The van der Waals surface area contributed by atoms with Crippen molar-refractivity contribution in [3.8, 4) is 11.6 Å². The Balaban J connectivity index is 2.42. The van der Waals surface area contributed by atoms with E-state index in [1.165, 1.54) is 13.3 Å². The largest absolute Gasteiger partial charge is 0.480 e. The van der Waals surface area contributed by atoms with Gasteiger partial charge in [0.1, 0.15) is 5.56 Å². The van der Waals surface area contributed by atoms with E-state index in [1.54, 1.807) is 11.6 Å². The van der Waals surface area contributed by atoms with Crippen LogP contribution >= 0.6 is 0 Å². The fourth-order valence-corrected chi connectivity index (χ4v) is 1.64. The molecular formula is C13H14N2O3. The van der Waals surface area contributed by atoms with Gasteiger partial charge in [0.25, 0.3) is 0 Å². The van der Waals surface area contributed by atoms with Gasteiger partial charge in [-0.2, -0.15) is 5.10 Å². The van der Waals surface area contributed by atoms with Crippen LogP contribution in [0.1, 0.15) is 17.3 Å². The molecule has 0 bridgehead atoms. The van der Waals surface area contributed by atoms with Crippen molar-refractivity contribution in [3.05, 3.63) is 42.1 Å². The zero-order chi connectivity index (χ0) is 13.0. The lowest BCUT2D eigenvalue weighted by Gasteiger charge is -2.07. The van der Waals surface area contributed by atoms with Crippen molar-refractivity contribution in [2.45, 2.75) is 6.92 Å². The Hall–Kier alpha value is -2.30. The molecule has 0 spiro atoms. The Morgan fingerprint density at radius 2 is 2.06 bits per heavy atom. The molecule has 94 valence electrons. The third kappa shape index (κ3) is 2.20. The number of esters is 1. The Bertz CT molecular complexity index is 534. The third-order valence-corrected chi connectivity index (χ3v) is 2.41. The lowest BCUT2D eigenvalue weighted by Crippen LogP contribution is -2.07. The number of carbonyl (C=O) groups is 1. The number of rotatable bonds is 4. The molecule has 0 atom stereocenters. The Labute approximate surface area is 105 Å². The molecule has 0 amide bonds. The van der Waals surface area contributed by atoms with E-state index in [0.29, 0.717) is 18.1 Å². The van der Waals surface area contributed by atoms with E-state index in [2.05, 4.69) is 5.10 Å². The fraction of sp³-hybridized carbons (Fsp3) is 0.231. The second kappa shape index (κ2) is 5.35. The molecule has 0 aliphatic heterocycles. The third-order valence-electron chi connectivity index (χ3n) is 2.41. The summed E-state index contributed by atoms with van der Waals surface area (Å²) < 4.78 is 11.7. The van der Waals surface area contributed by atoms with Gasteiger partial charge in [-0.15, -0.1) is 0 Å². The molecule has 2 aromatic rings. The summed E-state index contributed by atoms with van der Waals surface area (Å²) in [4.78, 5) is 11.7. The first-order valence-electron chi connectivity index (χ1n) is 5.62. The standard InChI is InChI=1S/C13H14N2O3/c1-3-18-13(16)11-9-14-15(12(11)17-2)10-7-5-4-6-8-10/h4-9H,3H2,1-2H3. The van der Waals surface area contributed by atoms with E-state index in [-0.39, 0.29) is 0 Å². The van der Waals surface area contributed by atoms with Crippen molar-refractivity contribution in [1.29, 1.82) is 0 Å². The zero-order valence-electron chi connectivity index (χ0n) is 10.3. The lowest BCUT2D eigenvalue weighted by molar-refractivity contribution is 0.0522. The van der Waals surface area contributed by atoms with E-state index in [9.17, 15) is 4.79 Å². The van der Waals surface area contributed by atoms with E-state index in [0.717, 1.165) is 5.69 Å². The monoisotopic (exact) mass is 246 g/mol. The van der Waals surface area contributed by atoms with Gasteiger partial charge in [0.05, 0.1) is 25.6 Å². The van der Waals surface area contributed by atoms with Gasteiger partial charge >= 0.3 is 5.97 Å². The van der Waals surface area contributed by atoms with Gasteiger partial charge < -0.3 is 9.47 Å². The summed E-state index contributed by atoms with van der Waals surface area (Å²) >= 11 is 0. The van der Waals surface area contributed by atoms with Crippen LogP contribution in [0.5, 0.6) is 5.88 Å². The maximum Gasteiger partial charge on any atom is 0.345 e. The molecule has 0 saturated heterocycles. The molecule has 1 heterocycles. The molecule has 0 aliphatic carbocycles. The van der Waals surface area contributed by atoms with Crippen molar-refractivity contribution >= 4 is 5.97 Å². The molecule has 1 aromatic heterocycles. The smallest absolute Gasteiger partial charge is 0.345 e. The minimum atomic E-state index is -0.434. The number of methoxy groups -OCH3 is 1. The van der Waals surface area contributed by atoms with Gasteiger partial charge in [-0.05, 0) is 19.1 Å². The minimum absolute atomic E-state index is 0.318. The number of carbonyl (C=O) groups excluding carboxylic acids is 1. The number of para-hydroxylation sites is 1. The van der Waals surface area contributed by atoms with E-state index in [4.69, 9.17) is 9.47 Å². The van der Waals surface area contributed by atoms with Crippen molar-refractivity contribution in [1.82, 2.24) is 9.78 Å². The summed E-state index contributed by atoms with van der Waals surface area (Å²) in [6, 6.07) is 9.45. The minimum Gasteiger partial charge on any atom is -0.480 e. The Morgan fingerprint density at radius 3 is 2.67 bits per heavy atom. The highest BCUT2D eigenvalue weighted by atomic mass is 16.5. The maximum absolute atomic E-state index is 11.7. The normalized spacial score (nSPS) is 10.1. The van der Waals surface area contributed by atoms with E-state index in [1.807, 2.05) is 30.3 Å². The van der Waals surface area contributed by atoms with Crippen LogP contribution in [0.2, 0.25) is 0 Å². The second-order valence-electron chi connectivity index (χ2n) is 3.54. The Kier molecular flexibility index (Phi) is 3.62. The van der Waals surface area contributed by atoms with Gasteiger partial charge in [0, 0.05) is 0 Å². The van der Waals surface area contributed by atoms with Gasteiger partial charge in [-0.3, -0.25) is 0 Å². The predicted octanol–water partition coefficient (Wildman–Crippen LogP) is 2.06. The van der Waals surface area contributed by atoms with Crippen molar-refractivity contribution in [2.75, 3.05) is 13.7 Å². The average Bonchev–Trinajstić information content (AvgIpc) is 2.83. The molecule has 0 unspecified atom stereocenters. The van der Waals surface area contributed by atoms with Crippen LogP contribution < -0.4 is 4.74 Å². The lowest BCUT2D eigenvalue weighted by atomic mass is 10.3. The summed E-state index contributed by atoms with van der Waals surface area (Å²) in [5.74, 6) is -0.0591. The number of benzene rings is 1. The quantitative estimate of drug-likeness (QED) is 0.775. The van der Waals surface area contributed by atoms with Gasteiger partial charge in [-0.1, -0.05) is 18.2 Å². The van der Waals surface area contributed by atoms with Gasteiger partial charge in [-0.25, -0.2) is 9.48 Å². The molecule has 5 heteroatoms. The molecule has 5 nitrogen and oxygen atoms in total. The second-order valence-corrected chi connectivity index (χ2v) is 3.54. The van der Waals surface area contributed by atoms with Crippen LogP contribution in [-0.2, 0) is 4.74 Å². The first kappa shape index (κ1) is 12.2. The molecule has 0 radical (unpaired) electrons. The van der Waals surface area contributed by atoms with Crippen LogP contribution in [0, 0.1) is 0 Å². The molecule has 0 N–H and O–H groups in total. The average molecular weight is 246 g/mol. The highest BCUT2D eigenvalue weighted by Gasteiger charge is 2.19. The number of hydrogen-bond acceptors (Lipinski definition) is 4. The highest BCUT2D eigenvalue weighted by molar-refractivity contribution is 5.91. The molecule has 18 heavy (non-hydrogen) atoms. The number of hydrogen-bond donors (Lipinski definition) is 0. The van der Waals surface area contributed by atoms with Gasteiger partial charge in [0.2, 0.25) is 5.88 Å². The van der Waals surface area contributed by atoms with Crippen LogP contribution in [0.3, 0.4) is 0 Å². The predicted molar refractivity (Wildman–Crippen MR) is 66.1 cm³/mol. The Morgan fingerprint density at radius 1 is 1.33 bits per heavy atom. The van der Waals surface area contributed by atoms with Gasteiger partial charge in [0.15, 0.2) is 0 Å². The number of nitrogens with zero attached hydrogens (tertiary/aromatic N) is 2. The van der Waals surface area contributed by atoms with Crippen LogP contribution in [0.4, 0.5) is 0 Å². The van der Waals surface area contributed by atoms with Crippen LogP contribution in [0.25, 0.3) is 5.69 Å². The maximum atomic E-state index is 11.7.